The van der Waals surface area contributed by atoms with Gasteiger partial charge in [-0.05, 0) is 42.8 Å². The molecule has 1 aliphatic rings. The van der Waals surface area contributed by atoms with Crippen molar-refractivity contribution in [1.82, 2.24) is 0 Å². The molecule has 0 unspecified atom stereocenters. The molecular weight excluding hydrogens is 331 g/mol. The summed E-state index contributed by atoms with van der Waals surface area (Å²) >= 11 is 0. The number of rotatable bonds is 4. The number of ether oxygens (including phenoxy) is 1. The van der Waals surface area contributed by atoms with Crippen LogP contribution in [0, 0.1) is 12.7 Å². The Morgan fingerprint density at radius 1 is 1.12 bits per heavy atom. The first-order valence-corrected chi connectivity index (χ1v) is 9.16. The molecule has 0 radical (unpaired) electrons. The highest BCUT2D eigenvalue weighted by Crippen LogP contribution is 2.24. The van der Waals surface area contributed by atoms with Crippen LogP contribution in [0.25, 0.3) is 0 Å². The van der Waals surface area contributed by atoms with E-state index < -0.39 is 15.8 Å². The number of nitrogens with one attached hydrogen (secondary N) is 1. The standard InChI is InChI=1S/C17H19FN2O3S/c1-13-5-6-16(18)17(11-13)24(21,22)19-14-3-2-4-15(12-14)20-7-9-23-10-8-20/h2-6,11-12,19H,7-10H2,1H3. The lowest BCUT2D eigenvalue weighted by molar-refractivity contribution is 0.122. The normalized spacial score (nSPS) is 15.3. The summed E-state index contributed by atoms with van der Waals surface area (Å²) in [4.78, 5) is 1.77. The van der Waals surface area contributed by atoms with Crippen LogP contribution in [0.1, 0.15) is 5.56 Å². The number of nitrogens with zero attached hydrogens (tertiary/aromatic N) is 1. The lowest BCUT2D eigenvalue weighted by Crippen LogP contribution is -2.36. The summed E-state index contributed by atoms with van der Waals surface area (Å²) in [6.45, 7) is 4.51. The molecule has 128 valence electrons. The molecule has 1 heterocycles. The maximum atomic E-state index is 13.9. The van der Waals surface area contributed by atoms with Crippen LogP contribution in [-0.4, -0.2) is 34.7 Å². The zero-order valence-corrected chi connectivity index (χ0v) is 14.1. The fraction of sp³-hybridized carbons (Fsp3) is 0.294. The van der Waals surface area contributed by atoms with Crippen LogP contribution in [-0.2, 0) is 14.8 Å². The fourth-order valence-corrected chi connectivity index (χ4v) is 3.83. The third-order valence-electron chi connectivity index (χ3n) is 3.85. The molecule has 0 aromatic heterocycles. The maximum absolute atomic E-state index is 13.9. The zero-order chi connectivity index (χ0) is 17.2. The summed E-state index contributed by atoms with van der Waals surface area (Å²) in [7, 11) is -3.98. The van der Waals surface area contributed by atoms with E-state index in [1.54, 1.807) is 25.1 Å². The van der Waals surface area contributed by atoms with E-state index >= 15 is 0 Å². The molecule has 0 saturated carbocycles. The summed E-state index contributed by atoms with van der Waals surface area (Å²) in [5.41, 5.74) is 1.99. The second-order valence-electron chi connectivity index (χ2n) is 5.69. The molecule has 7 heteroatoms. The minimum absolute atomic E-state index is 0.348. The molecule has 1 saturated heterocycles. The average Bonchev–Trinajstić information content (AvgIpc) is 2.57. The molecule has 1 N–H and O–H groups in total. The van der Waals surface area contributed by atoms with Crippen LogP contribution in [0.2, 0.25) is 0 Å². The summed E-state index contributed by atoms with van der Waals surface area (Å²) in [5.74, 6) is -0.766. The van der Waals surface area contributed by atoms with Gasteiger partial charge >= 0.3 is 0 Å². The number of benzene rings is 2. The van der Waals surface area contributed by atoms with Gasteiger partial charge in [0.25, 0.3) is 10.0 Å². The van der Waals surface area contributed by atoms with E-state index in [1.807, 2.05) is 6.07 Å². The topological polar surface area (TPSA) is 58.6 Å². The molecule has 2 aromatic rings. The smallest absolute Gasteiger partial charge is 0.264 e. The molecular formula is C17H19FN2O3S. The van der Waals surface area contributed by atoms with Crippen molar-refractivity contribution in [2.24, 2.45) is 0 Å². The van der Waals surface area contributed by atoms with Crippen molar-refractivity contribution in [3.63, 3.8) is 0 Å². The van der Waals surface area contributed by atoms with E-state index in [4.69, 9.17) is 4.74 Å². The van der Waals surface area contributed by atoms with Crippen LogP contribution in [0.5, 0.6) is 0 Å². The summed E-state index contributed by atoms with van der Waals surface area (Å²) < 4.78 is 46.6. The van der Waals surface area contributed by atoms with Crippen molar-refractivity contribution >= 4 is 21.4 Å². The Hall–Kier alpha value is -2.12. The van der Waals surface area contributed by atoms with E-state index in [0.717, 1.165) is 24.8 Å². The SMILES string of the molecule is Cc1ccc(F)c(S(=O)(=O)Nc2cccc(N3CCOCC3)c2)c1. The van der Waals surface area contributed by atoms with Crippen LogP contribution in [0.3, 0.4) is 0 Å². The Kier molecular flexibility index (Phi) is 4.73. The van der Waals surface area contributed by atoms with Gasteiger partial charge in [-0.1, -0.05) is 12.1 Å². The predicted octanol–water partition coefficient (Wildman–Crippen LogP) is 2.77. The van der Waals surface area contributed by atoms with Gasteiger partial charge in [0.05, 0.1) is 18.9 Å². The lowest BCUT2D eigenvalue weighted by Gasteiger charge is -2.29. The molecule has 0 bridgehead atoms. The second kappa shape index (κ2) is 6.78. The first kappa shape index (κ1) is 16.7. The van der Waals surface area contributed by atoms with Crippen LogP contribution < -0.4 is 9.62 Å². The molecule has 0 atom stereocenters. The van der Waals surface area contributed by atoms with Crippen molar-refractivity contribution in [2.75, 3.05) is 35.9 Å². The first-order valence-electron chi connectivity index (χ1n) is 7.67. The summed E-state index contributed by atoms with van der Waals surface area (Å²) in [6.07, 6.45) is 0. The Morgan fingerprint density at radius 3 is 2.62 bits per heavy atom. The van der Waals surface area contributed by atoms with Crippen molar-refractivity contribution in [2.45, 2.75) is 11.8 Å². The highest BCUT2D eigenvalue weighted by molar-refractivity contribution is 7.92. The van der Waals surface area contributed by atoms with Gasteiger partial charge in [0.15, 0.2) is 0 Å². The van der Waals surface area contributed by atoms with Gasteiger partial charge in [-0.15, -0.1) is 0 Å². The lowest BCUT2D eigenvalue weighted by atomic mass is 10.2. The van der Waals surface area contributed by atoms with Crippen molar-refractivity contribution in [3.05, 3.63) is 53.8 Å². The number of hydrogen-bond acceptors (Lipinski definition) is 4. The summed E-state index contributed by atoms with van der Waals surface area (Å²) in [5, 5.41) is 0. The second-order valence-corrected chi connectivity index (χ2v) is 7.34. The average molecular weight is 350 g/mol. The molecule has 5 nitrogen and oxygen atoms in total. The molecule has 3 rings (SSSR count). The largest absolute Gasteiger partial charge is 0.378 e. The third kappa shape index (κ3) is 3.68. The Bertz CT molecular complexity index is 833. The third-order valence-corrected chi connectivity index (χ3v) is 5.25. The monoisotopic (exact) mass is 350 g/mol. The molecule has 0 aliphatic carbocycles. The molecule has 2 aromatic carbocycles. The van der Waals surface area contributed by atoms with Gasteiger partial charge < -0.3 is 9.64 Å². The van der Waals surface area contributed by atoms with E-state index in [-0.39, 0.29) is 4.90 Å². The van der Waals surface area contributed by atoms with E-state index in [1.165, 1.54) is 12.1 Å². The van der Waals surface area contributed by atoms with Gasteiger partial charge in [0.2, 0.25) is 0 Å². The van der Waals surface area contributed by atoms with E-state index in [9.17, 15) is 12.8 Å². The van der Waals surface area contributed by atoms with Crippen molar-refractivity contribution in [1.29, 1.82) is 0 Å². The van der Waals surface area contributed by atoms with Crippen LogP contribution >= 0.6 is 0 Å². The maximum Gasteiger partial charge on any atom is 0.264 e. The zero-order valence-electron chi connectivity index (χ0n) is 13.3. The van der Waals surface area contributed by atoms with Gasteiger partial charge in [-0.25, -0.2) is 12.8 Å². The van der Waals surface area contributed by atoms with Gasteiger partial charge in [-0.3, -0.25) is 4.72 Å². The summed E-state index contributed by atoms with van der Waals surface area (Å²) in [6, 6.07) is 11.1. The number of aryl methyl sites for hydroxylation is 1. The molecule has 0 spiro atoms. The fourth-order valence-electron chi connectivity index (χ4n) is 2.61. The Morgan fingerprint density at radius 2 is 1.88 bits per heavy atom. The van der Waals surface area contributed by atoms with Crippen LogP contribution in [0.4, 0.5) is 15.8 Å². The Balaban J connectivity index is 1.86. The van der Waals surface area contributed by atoms with Gasteiger partial charge in [0, 0.05) is 18.8 Å². The van der Waals surface area contributed by atoms with E-state index in [0.29, 0.717) is 24.5 Å². The Labute approximate surface area is 141 Å². The first-order chi connectivity index (χ1) is 11.5. The van der Waals surface area contributed by atoms with Crippen molar-refractivity contribution in [3.8, 4) is 0 Å². The van der Waals surface area contributed by atoms with Gasteiger partial charge in [-0.2, -0.15) is 0 Å². The minimum Gasteiger partial charge on any atom is -0.378 e. The highest BCUT2D eigenvalue weighted by atomic mass is 32.2. The molecule has 1 aliphatic heterocycles. The van der Waals surface area contributed by atoms with Crippen LogP contribution in [0.15, 0.2) is 47.4 Å². The quantitative estimate of drug-likeness (QED) is 0.921. The number of hydrogen-bond donors (Lipinski definition) is 1. The number of morpholine rings is 1. The molecule has 1 fully saturated rings. The molecule has 0 amide bonds. The van der Waals surface area contributed by atoms with Crippen molar-refractivity contribution < 1.29 is 17.5 Å². The number of sulfonamides is 1. The highest BCUT2D eigenvalue weighted by Gasteiger charge is 2.20. The molecule has 24 heavy (non-hydrogen) atoms. The van der Waals surface area contributed by atoms with Gasteiger partial charge in [0.1, 0.15) is 10.7 Å². The van der Waals surface area contributed by atoms with E-state index in [2.05, 4.69) is 9.62 Å². The number of anilines is 2. The number of halogens is 1. The predicted molar refractivity (Wildman–Crippen MR) is 91.4 cm³/mol. The minimum atomic E-state index is -3.98.